The summed E-state index contributed by atoms with van der Waals surface area (Å²) < 4.78 is 0. The van der Waals surface area contributed by atoms with Crippen LogP contribution in [0.1, 0.15) is 37.5 Å². The van der Waals surface area contributed by atoms with Gasteiger partial charge in [-0.15, -0.1) is 23.7 Å². The van der Waals surface area contributed by atoms with Crippen LogP contribution in [0.25, 0.3) is 0 Å². The van der Waals surface area contributed by atoms with Gasteiger partial charge in [0.15, 0.2) is 5.13 Å². The molecule has 1 aliphatic rings. The number of nitrogens with zero attached hydrogens (tertiary/aromatic N) is 1. The molecular weight excluding hydrogens is 270 g/mol. The van der Waals surface area contributed by atoms with Crippen molar-refractivity contribution in [1.29, 1.82) is 0 Å². The minimum Gasteiger partial charge on any atom is -0.328 e. The van der Waals surface area contributed by atoms with Gasteiger partial charge in [0.05, 0.1) is 0 Å². The lowest BCUT2D eigenvalue weighted by molar-refractivity contribution is -0.120. The number of thiazole rings is 1. The quantitative estimate of drug-likeness (QED) is 0.899. The van der Waals surface area contributed by atoms with Crippen molar-refractivity contribution < 1.29 is 4.79 Å². The molecule has 0 aromatic carbocycles. The molecule has 1 fully saturated rings. The first-order valence-corrected chi connectivity index (χ1v) is 7.02. The van der Waals surface area contributed by atoms with Crippen LogP contribution in [0.5, 0.6) is 0 Å². The molecule has 2 atom stereocenters. The third kappa shape index (κ3) is 3.93. The van der Waals surface area contributed by atoms with Gasteiger partial charge in [-0.05, 0) is 25.7 Å². The summed E-state index contributed by atoms with van der Waals surface area (Å²) in [6, 6.07) is 0.182. The van der Waals surface area contributed by atoms with Crippen molar-refractivity contribution in [3.63, 3.8) is 0 Å². The number of aromatic nitrogens is 1. The highest BCUT2D eigenvalue weighted by Crippen LogP contribution is 2.25. The Labute approximate surface area is 118 Å². The van der Waals surface area contributed by atoms with Crippen molar-refractivity contribution in [2.24, 2.45) is 11.7 Å². The van der Waals surface area contributed by atoms with E-state index in [1.807, 2.05) is 6.20 Å². The van der Waals surface area contributed by atoms with Crippen molar-refractivity contribution in [3.8, 4) is 0 Å². The van der Waals surface area contributed by atoms with Gasteiger partial charge in [-0.2, -0.15) is 0 Å². The zero-order chi connectivity index (χ0) is 12.3. The summed E-state index contributed by atoms with van der Waals surface area (Å²) in [5, 5.41) is 3.61. The van der Waals surface area contributed by atoms with Gasteiger partial charge >= 0.3 is 0 Å². The lowest BCUT2D eigenvalue weighted by Gasteiger charge is -2.25. The lowest BCUT2D eigenvalue weighted by Crippen LogP contribution is -2.34. The first-order chi connectivity index (χ1) is 8.19. The van der Waals surface area contributed by atoms with E-state index < -0.39 is 0 Å². The Kier molecular flexibility index (Phi) is 6.05. The smallest absolute Gasteiger partial charge is 0.229 e. The van der Waals surface area contributed by atoms with E-state index in [1.54, 1.807) is 11.3 Å². The van der Waals surface area contributed by atoms with Crippen LogP contribution in [0.2, 0.25) is 0 Å². The Morgan fingerprint density at radius 1 is 1.61 bits per heavy atom. The Bertz CT molecular complexity index is 396. The highest BCUT2D eigenvalue weighted by atomic mass is 35.5. The molecule has 1 heterocycles. The molecule has 1 aromatic rings. The lowest BCUT2D eigenvalue weighted by atomic mass is 9.86. The zero-order valence-electron chi connectivity index (χ0n) is 10.5. The van der Waals surface area contributed by atoms with Crippen LogP contribution >= 0.6 is 23.7 Å². The molecule has 2 unspecified atom stereocenters. The van der Waals surface area contributed by atoms with Gasteiger partial charge < -0.3 is 11.1 Å². The highest BCUT2D eigenvalue weighted by Gasteiger charge is 2.25. The summed E-state index contributed by atoms with van der Waals surface area (Å²) >= 11 is 1.55. The molecule has 0 bridgehead atoms. The summed E-state index contributed by atoms with van der Waals surface area (Å²) in [6.45, 7) is 2.08. The van der Waals surface area contributed by atoms with Gasteiger partial charge in [0, 0.05) is 23.0 Å². The number of hydrogen-bond donors (Lipinski definition) is 2. The molecular formula is C12H20ClN3OS. The van der Waals surface area contributed by atoms with Crippen LogP contribution in [0.15, 0.2) is 6.20 Å². The fraction of sp³-hybridized carbons (Fsp3) is 0.667. The van der Waals surface area contributed by atoms with E-state index in [9.17, 15) is 4.79 Å². The SMILES string of the molecule is CCc1cnc(NC(=O)C2CCCC(N)C2)s1.Cl. The third-order valence-corrected chi connectivity index (χ3v) is 4.27. The maximum absolute atomic E-state index is 12.0. The number of anilines is 1. The molecule has 1 aromatic heterocycles. The topological polar surface area (TPSA) is 68.0 Å². The van der Waals surface area contributed by atoms with Gasteiger partial charge in [0.25, 0.3) is 0 Å². The molecule has 18 heavy (non-hydrogen) atoms. The largest absolute Gasteiger partial charge is 0.328 e. The number of aryl methyl sites for hydroxylation is 1. The Balaban J connectivity index is 0.00000162. The first kappa shape index (κ1) is 15.4. The summed E-state index contributed by atoms with van der Waals surface area (Å²) in [4.78, 5) is 17.4. The van der Waals surface area contributed by atoms with E-state index in [0.717, 1.165) is 32.1 Å². The number of hydrogen-bond acceptors (Lipinski definition) is 4. The second-order valence-corrected chi connectivity index (χ2v) is 5.71. The second-order valence-electron chi connectivity index (χ2n) is 4.60. The molecule has 0 saturated heterocycles. The fourth-order valence-electron chi connectivity index (χ4n) is 2.20. The predicted molar refractivity (Wildman–Crippen MR) is 77.3 cm³/mol. The van der Waals surface area contributed by atoms with Gasteiger partial charge in [0.2, 0.25) is 5.91 Å². The Morgan fingerprint density at radius 2 is 2.39 bits per heavy atom. The van der Waals surface area contributed by atoms with Crippen LogP contribution < -0.4 is 11.1 Å². The molecule has 0 radical (unpaired) electrons. The van der Waals surface area contributed by atoms with Crippen LogP contribution in [0, 0.1) is 5.92 Å². The second kappa shape index (κ2) is 7.07. The number of nitrogens with one attached hydrogen (secondary N) is 1. The predicted octanol–water partition coefficient (Wildman–Crippen LogP) is 2.58. The Hall–Kier alpha value is -0.650. The molecule has 0 aliphatic heterocycles. The molecule has 4 nitrogen and oxygen atoms in total. The molecule has 2 rings (SSSR count). The zero-order valence-corrected chi connectivity index (χ0v) is 12.1. The average Bonchev–Trinajstić information content (AvgIpc) is 2.77. The van der Waals surface area contributed by atoms with Gasteiger partial charge in [-0.1, -0.05) is 13.3 Å². The summed E-state index contributed by atoms with van der Waals surface area (Å²) in [7, 11) is 0. The van der Waals surface area contributed by atoms with Crippen molar-refractivity contribution in [2.45, 2.75) is 45.1 Å². The molecule has 1 amide bonds. The average molecular weight is 290 g/mol. The van der Waals surface area contributed by atoms with E-state index >= 15 is 0 Å². The number of rotatable bonds is 3. The normalized spacial score (nSPS) is 23.2. The summed E-state index contributed by atoms with van der Waals surface area (Å²) in [6.07, 6.45) is 6.64. The summed E-state index contributed by atoms with van der Waals surface area (Å²) in [5.41, 5.74) is 5.89. The number of amides is 1. The van der Waals surface area contributed by atoms with Crippen LogP contribution in [-0.4, -0.2) is 16.9 Å². The van der Waals surface area contributed by atoms with E-state index in [2.05, 4.69) is 17.2 Å². The fourth-order valence-corrected chi connectivity index (χ4v) is 2.96. The van der Waals surface area contributed by atoms with E-state index in [4.69, 9.17) is 5.73 Å². The van der Waals surface area contributed by atoms with Crippen molar-refractivity contribution in [1.82, 2.24) is 4.98 Å². The standard InChI is InChI=1S/C12H19N3OS.ClH/c1-2-10-7-14-12(17-10)15-11(16)8-4-3-5-9(13)6-8;/h7-9H,2-6,13H2,1H3,(H,14,15,16);1H. The molecule has 1 aliphatic carbocycles. The minimum atomic E-state index is 0. The van der Waals surface area contributed by atoms with Crippen molar-refractivity contribution in [3.05, 3.63) is 11.1 Å². The van der Waals surface area contributed by atoms with Gasteiger partial charge in [-0.25, -0.2) is 4.98 Å². The number of carbonyl (C=O) groups excluding carboxylic acids is 1. The van der Waals surface area contributed by atoms with E-state index in [-0.39, 0.29) is 30.3 Å². The minimum absolute atomic E-state index is 0. The summed E-state index contributed by atoms with van der Waals surface area (Å²) in [5.74, 6) is 0.143. The molecule has 6 heteroatoms. The highest BCUT2D eigenvalue weighted by molar-refractivity contribution is 7.15. The Morgan fingerprint density at radius 3 is 3.00 bits per heavy atom. The van der Waals surface area contributed by atoms with Crippen LogP contribution in [0.3, 0.4) is 0 Å². The van der Waals surface area contributed by atoms with Crippen LogP contribution in [0.4, 0.5) is 5.13 Å². The van der Waals surface area contributed by atoms with Crippen molar-refractivity contribution >= 4 is 34.8 Å². The molecule has 1 saturated carbocycles. The van der Waals surface area contributed by atoms with E-state index in [1.165, 1.54) is 4.88 Å². The maximum atomic E-state index is 12.0. The van der Waals surface area contributed by atoms with Crippen LogP contribution in [-0.2, 0) is 11.2 Å². The molecule has 102 valence electrons. The van der Waals surface area contributed by atoms with Gasteiger partial charge in [-0.3, -0.25) is 4.79 Å². The molecule has 3 N–H and O–H groups in total. The van der Waals surface area contributed by atoms with E-state index in [0.29, 0.717) is 5.13 Å². The number of carbonyl (C=O) groups is 1. The first-order valence-electron chi connectivity index (χ1n) is 6.20. The maximum Gasteiger partial charge on any atom is 0.229 e. The number of nitrogens with two attached hydrogens (primary N) is 1. The monoisotopic (exact) mass is 289 g/mol. The van der Waals surface area contributed by atoms with Gasteiger partial charge in [0.1, 0.15) is 0 Å². The molecule has 0 spiro atoms. The number of halogens is 1. The van der Waals surface area contributed by atoms with Crippen molar-refractivity contribution in [2.75, 3.05) is 5.32 Å². The third-order valence-electron chi connectivity index (χ3n) is 3.22.